The molecule has 8 heteroatoms. The second-order valence-corrected chi connectivity index (χ2v) is 7.99. The molecule has 3 amide bonds. The van der Waals surface area contributed by atoms with Crippen LogP contribution in [0, 0.1) is 0 Å². The topological polar surface area (TPSA) is 112 Å². The van der Waals surface area contributed by atoms with Gasteiger partial charge in [-0.3, -0.25) is 14.4 Å². The van der Waals surface area contributed by atoms with E-state index in [0.717, 1.165) is 5.56 Å². The molecule has 0 atom stereocenters. The summed E-state index contributed by atoms with van der Waals surface area (Å²) in [5.41, 5.74) is 3.18. The van der Waals surface area contributed by atoms with Crippen molar-refractivity contribution in [2.24, 2.45) is 0 Å². The van der Waals surface area contributed by atoms with Crippen LogP contribution in [-0.4, -0.2) is 24.3 Å². The molecular weight excluding hydrogens is 456 g/mol. The lowest BCUT2D eigenvalue weighted by molar-refractivity contribution is -0.114. The van der Waals surface area contributed by atoms with Crippen LogP contribution in [0.15, 0.2) is 102 Å². The van der Waals surface area contributed by atoms with Gasteiger partial charge in [0.2, 0.25) is 5.91 Å². The Bertz CT molecular complexity index is 1300. The summed E-state index contributed by atoms with van der Waals surface area (Å²) in [5.74, 6) is -0.0344. The summed E-state index contributed by atoms with van der Waals surface area (Å²) in [6, 6.07) is 26.8. The molecule has 0 aliphatic heterocycles. The standard InChI is InChI=1S/C28H26N4O4/c33-26(19-29-23-13-11-21(12-14-23)27(34)31-18-25-10-5-15-36-25)32-24-9-4-8-22(16-24)28(35)30-17-20-6-2-1-3-7-20/h1-16,29H,17-19H2,(H,30,35)(H,31,34)(H,32,33). The van der Waals surface area contributed by atoms with E-state index in [9.17, 15) is 14.4 Å². The maximum atomic E-state index is 12.5. The monoisotopic (exact) mass is 482 g/mol. The maximum absolute atomic E-state index is 12.5. The molecule has 8 nitrogen and oxygen atoms in total. The van der Waals surface area contributed by atoms with Gasteiger partial charge in [0.05, 0.1) is 19.4 Å². The molecule has 36 heavy (non-hydrogen) atoms. The first-order valence-electron chi connectivity index (χ1n) is 11.4. The number of hydrogen-bond donors (Lipinski definition) is 4. The fourth-order valence-electron chi connectivity index (χ4n) is 3.43. The van der Waals surface area contributed by atoms with Crippen molar-refractivity contribution < 1.29 is 18.8 Å². The van der Waals surface area contributed by atoms with E-state index >= 15 is 0 Å². The summed E-state index contributed by atoms with van der Waals surface area (Å²) in [6.07, 6.45) is 1.55. The Morgan fingerprint density at radius 2 is 1.42 bits per heavy atom. The number of hydrogen-bond acceptors (Lipinski definition) is 5. The smallest absolute Gasteiger partial charge is 0.251 e. The molecule has 0 radical (unpaired) electrons. The third kappa shape index (κ3) is 7.07. The predicted molar refractivity (Wildman–Crippen MR) is 137 cm³/mol. The molecule has 4 aromatic rings. The zero-order valence-corrected chi connectivity index (χ0v) is 19.5. The van der Waals surface area contributed by atoms with E-state index in [1.54, 1.807) is 66.9 Å². The highest BCUT2D eigenvalue weighted by Crippen LogP contribution is 2.13. The number of carbonyl (C=O) groups excluding carboxylic acids is 3. The van der Waals surface area contributed by atoms with Crippen molar-refractivity contribution in [3.05, 3.63) is 120 Å². The Labute approximate surface area is 208 Å². The van der Waals surface area contributed by atoms with Crippen molar-refractivity contribution in [3.63, 3.8) is 0 Å². The fourth-order valence-corrected chi connectivity index (χ4v) is 3.43. The number of carbonyl (C=O) groups is 3. The largest absolute Gasteiger partial charge is 0.467 e. The van der Waals surface area contributed by atoms with Crippen molar-refractivity contribution in [2.45, 2.75) is 13.1 Å². The first kappa shape index (κ1) is 24.3. The molecule has 3 aromatic carbocycles. The number of anilines is 2. The average Bonchev–Trinajstić information content (AvgIpc) is 3.44. The number of furan rings is 1. The molecule has 0 spiro atoms. The summed E-state index contributed by atoms with van der Waals surface area (Å²) < 4.78 is 5.20. The fraction of sp³-hybridized carbons (Fsp3) is 0.107. The van der Waals surface area contributed by atoms with Crippen LogP contribution in [0.1, 0.15) is 32.0 Å². The molecule has 0 saturated heterocycles. The molecule has 1 heterocycles. The first-order valence-corrected chi connectivity index (χ1v) is 11.4. The summed E-state index contributed by atoms with van der Waals surface area (Å²) >= 11 is 0. The van der Waals surface area contributed by atoms with Crippen LogP contribution >= 0.6 is 0 Å². The number of nitrogens with one attached hydrogen (secondary N) is 4. The lowest BCUT2D eigenvalue weighted by Gasteiger charge is -2.10. The van der Waals surface area contributed by atoms with E-state index in [2.05, 4.69) is 21.3 Å². The molecule has 4 rings (SSSR count). The molecule has 0 aliphatic rings. The minimum absolute atomic E-state index is 0.0223. The quantitative estimate of drug-likeness (QED) is 0.271. The third-order valence-electron chi connectivity index (χ3n) is 5.31. The average molecular weight is 483 g/mol. The third-order valence-corrected chi connectivity index (χ3v) is 5.31. The second-order valence-electron chi connectivity index (χ2n) is 7.99. The van der Waals surface area contributed by atoms with Gasteiger partial charge in [-0.15, -0.1) is 0 Å². The van der Waals surface area contributed by atoms with Gasteiger partial charge in [-0.05, 0) is 60.2 Å². The lowest BCUT2D eigenvalue weighted by Crippen LogP contribution is -2.24. The summed E-state index contributed by atoms with van der Waals surface area (Å²) in [7, 11) is 0. The highest BCUT2D eigenvalue weighted by atomic mass is 16.3. The van der Waals surface area contributed by atoms with Gasteiger partial charge in [-0.1, -0.05) is 36.4 Å². The van der Waals surface area contributed by atoms with Gasteiger partial charge in [0.1, 0.15) is 5.76 Å². The number of benzene rings is 3. The minimum atomic E-state index is -0.267. The molecule has 0 aliphatic carbocycles. The lowest BCUT2D eigenvalue weighted by atomic mass is 10.1. The van der Waals surface area contributed by atoms with E-state index in [1.165, 1.54) is 0 Å². The van der Waals surface area contributed by atoms with Crippen LogP contribution in [0.3, 0.4) is 0 Å². The van der Waals surface area contributed by atoms with Gasteiger partial charge in [0.25, 0.3) is 11.8 Å². The van der Waals surface area contributed by atoms with Crippen LogP contribution in [0.2, 0.25) is 0 Å². The highest BCUT2D eigenvalue weighted by Gasteiger charge is 2.09. The molecule has 0 unspecified atom stereocenters. The van der Waals surface area contributed by atoms with E-state index in [1.807, 2.05) is 30.3 Å². The van der Waals surface area contributed by atoms with Crippen molar-refractivity contribution in [1.29, 1.82) is 0 Å². The van der Waals surface area contributed by atoms with E-state index < -0.39 is 0 Å². The molecular formula is C28H26N4O4. The zero-order valence-electron chi connectivity index (χ0n) is 19.5. The van der Waals surface area contributed by atoms with E-state index in [0.29, 0.717) is 41.4 Å². The van der Waals surface area contributed by atoms with Gasteiger partial charge >= 0.3 is 0 Å². The van der Waals surface area contributed by atoms with Crippen LogP contribution in [-0.2, 0) is 17.9 Å². The van der Waals surface area contributed by atoms with Crippen molar-refractivity contribution in [1.82, 2.24) is 10.6 Å². The zero-order chi connectivity index (χ0) is 25.2. The van der Waals surface area contributed by atoms with Crippen LogP contribution in [0.5, 0.6) is 0 Å². The SMILES string of the molecule is O=C(CNc1ccc(C(=O)NCc2ccco2)cc1)Nc1cccc(C(=O)NCc2ccccc2)c1. The Morgan fingerprint density at radius 3 is 2.17 bits per heavy atom. The maximum Gasteiger partial charge on any atom is 0.251 e. The van der Waals surface area contributed by atoms with Gasteiger partial charge in [-0.25, -0.2) is 0 Å². The van der Waals surface area contributed by atoms with Crippen LogP contribution in [0.4, 0.5) is 11.4 Å². The van der Waals surface area contributed by atoms with Gasteiger partial charge < -0.3 is 25.7 Å². The molecule has 4 N–H and O–H groups in total. The van der Waals surface area contributed by atoms with E-state index in [4.69, 9.17) is 4.42 Å². The first-order chi connectivity index (χ1) is 17.6. The second kappa shape index (κ2) is 12.0. The van der Waals surface area contributed by atoms with Crippen LogP contribution < -0.4 is 21.3 Å². The van der Waals surface area contributed by atoms with Crippen molar-refractivity contribution in [2.75, 3.05) is 17.2 Å². The summed E-state index contributed by atoms with van der Waals surface area (Å²) in [4.78, 5) is 37.1. The molecule has 182 valence electrons. The van der Waals surface area contributed by atoms with Crippen molar-refractivity contribution >= 4 is 29.1 Å². The Morgan fingerprint density at radius 1 is 0.667 bits per heavy atom. The van der Waals surface area contributed by atoms with Gasteiger partial charge in [0.15, 0.2) is 0 Å². The Balaban J connectivity index is 1.23. The Hall–Kier alpha value is -4.85. The Kier molecular flexibility index (Phi) is 8.11. The molecule has 0 fully saturated rings. The van der Waals surface area contributed by atoms with Gasteiger partial charge in [0, 0.05) is 29.0 Å². The number of rotatable bonds is 10. The highest BCUT2D eigenvalue weighted by molar-refractivity contribution is 5.98. The molecule has 0 saturated carbocycles. The molecule has 0 bridgehead atoms. The van der Waals surface area contributed by atoms with Crippen molar-refractivity contribution in [3.8, 4) is 0 Å². The minimum Gasteiger partial charge on any atom is -0.467 e. The predicted octanol–water partition coefficient (Wildman–Crippen LogP) is 4.19. The van der Waals surface area contributed by atoms with Gasteiger partial charge in [-0.2, -0.15) is 0 Å². The van der Waals surface area contributed by atoms with Crippen LogP contribution in [0.25, 0.3) is 0 Å². The normalized spacial score (nSPS) is 10.3. The number of amides is 3. The summed E-state index contributed by atoms with van der Waals surface area (Å²) in [6.45, 7) is 0.751. The molecule has 1 aromatic heterocycles. The summed E-state index contributed by atoms with van der Waals surface area (Å²) in [5, 5.41) is 11.5. The van der Waals surface area contributed by atoms with E-state index in [-0.39, 0.29) is 24.3 Å².